The number of likely N-dealkylation sites (tertiary alicyclic amines) is 1. The summed E-state index contributed by atoms with van der Waals surface area (Å²) < 4.78 is 5.14. The molecule has 1 fully saturated rings. The van der Waals surface area contributed by atoms with Crippen molar-refractivity contribution in [3.63, 3.8) is 0 Å². The first-order chi connectivity index (χ1) is 13.0. The van der Waals surface area contributed by atoms with Crippen molar-refractivity contribution in [2.45, 2.75) is 32.6 Å². The van der Waals surface area contributed by atoms with Crippen molar-refractivity contribution in [1.82, 2.24) is 4.90 Å². The summed E-state index contributed by atoms with van der Waals surface area (Å²) in [7, 11) is 1.61. The molecule has 0 saturated carbocycles. The second-order valence-electron chi connectivity index (χ2n) is 7.44. The van der Waals surface area contributed by atoms with Gasteiger partial charge in [0.2, 0.25) is 0 Å². The molecule has 3 rings (SSSR count). The highest BCUT2D eigenvalue weighted by atomic mass is 16.5. The highest BCUT2D eigenvalue weighted by Crippen LogP contribution is 2.24. The fourth-order valence-corrected chi connectivity index (χ4v) is 3.53. The van der Waals surface area contributed by atoms with Gasteiger partial charge in [-0.05, 0) is 60.7 Å². The van der Waals surface area contributed by atoms with Gasteiger partial charge in [-0.3, -0.25) is 9.59 Å². The van der Waals surface area contributed by atoms with E-state index in [-0.39, 0.29) is 17.6 Å². The molecule has 0 spiro atoms. The molecular weight excluding hydrogens is 338 g/mol. The number of rotatable bonds is 5. The molecule has 0 unspecified atom stereocenters. The number of piperidine rings is 1. The van der Waals surface area contributed by atoms with Crippen LogP contribution in [0.15, 0.2) is 48.5 Å². The number of ether oxygens (including phenoxy) is 1. The molecule has 1 aliphatic rings. The van der Waals surface area contributed by atoms with Crippen LogP contribution in [-0.4, -0.2) is 36.8 Å². The Morgan fingerprint density at radius 2 is 1.48 bits per heavy atom. The first-order valence-corrected chi connectivity index (χ1v) is 9.57. The number of benzene rings is 2. The van der Waals surface area contributed by atoms with E-state index in [1.54, 1.807) is 7.11 Å². The van der Waals surface area contributed by atoms with Gasteiger partial charge in [-0.15, -0.1) is 0 Å². The average molecular weight is 365 g/mol. The number of Topliss-reactive ketones (excluding diaryl/α,β-unsaturated/α-hetero) is 1. The molecule has 0 aliphatic carbocycles. The molecule has 2 aromatic carbocycles. The summed E-state index contributed by atoms with van der Waals surface area (Å²) in [6, 6.07) is 15.1. The van der Waals surface area contributed by atoms with Gasteiger partial charge in [-0.1, -0.05) is 26.0 Å². The van der Waals surface area contributed by atoms with Crippen LogP contribution in [0.3, 0.4) is 0 Å². The molecule has 0 aromatic heterocycles. The number of carbonyl (C=O) groups excluding carboxylic acids is 2. The Kier molecular flexibility index (Phi) is 5.94. The summed E-state index contributed by atoms with van der Waals surface area (Å²) >= 11 is 0. The van der Waals surface area contributed by atoms with E-state index in [9.17, 15) is 9.59 Å². The minimum absolute atomic E-state index is 0.0224. The number of nitrogens with zero attached hydrogens (tertiary/aromatic N) is 1. The van der Waals surface area contributed by atoms with Crippen molar-refractivity contribution >= 4 is 11.7 Å². The molecule has 2 aromatic rings. The average Bonchev–Trinajstić information content (AvgIpc) is 2.73. The molecule has 142 valence electrons. The van der Waals surface area contributed by atoms with E-state index < -0.39 is 0 Å². The maximum absolute atomic E-state index is 12.7. The lowest BCUT2D eigenvalue weighted by atomic mass is 9.88. The molecule has 1 saturated heterocycles. The van der Waals surface area contributed by atoms with E-state index in [0.717, 1.165) is 11.3 Å². The van der Waals surface area contributed by atoms with Crippen LogP contribution in [0.4, 0.5) is 0 Å². The number of hydrogen-bond donors (Lipinski definition) is 0. The van der Waals surface area contributed by atoms with Crippen LogP contribution in [0, 0.1) is 5.92 Å². The summed E-state index contributed by atoms with van der Waals surface area (Å²) in [5, 5.41) is 0. The van der Waals surface area contributed by atoms with Crippen LogP contribution in [0.2, 0.25) is 0 Å². The Morgan fingerprint density at radius 1 is 0.926 bits per heavy atom. The number of amides is 1. The largest absolute Gasteiger partial charge is 0.497 e. The highest BCUT2D eigenvalue weighted by molar-refractivity contribution is 5.98. The summed E-state index contributed by atoms with van der Waals surface area (Å²) in [6.45, 7) is 5.53. The normalized spacial score (nSPS) is 15.0. The van der Waals surface area contributed by atoms with E-state index in [4.69, 9.17) is 4.74 Å². The van der Waals surface area contributed by atoms with E-state index in [1.807, 2.05) is 53.4 Å². The van der Waals surface area contributed by atoms with Crippen molar-refractivity contribution in [2.24, 2.45) is 5.92 Å². The third-order valence-electron chi connectivity index (χ3n) is 5.35. The summed E-state index contributed by atoms with van der Waals surface area (Å²) in [5.41, 5.74) is 2.67. The third-order valence-corrected chi connectivity index (χ3v) is 5.35. The molecule has 4 heteroatoms. The molecule has 4 nitrogen and oxygen atoms in total. The van der Waals surface area contributed by atoms with Crippen molar-refractivity contribution in [3.8, 4) is 5.75 Å². The third kappa shape index (κ3) is 4.38. The summed E-state index contributed by atoms with van der Waals surface area (Å²) in [6.07, 6.45) is 1.42. The van der Waals surface area contributed by atoms with Crippen molar-refractivity contribution in [1.29, 1.82) is 0 Å². The second kappa shape index (κ2) is 8.38. The van der Waals surface area contributed by atoms with Crippen LogP contribution in [-0.2, 0) is 0 Å². The maximum Gasteiger partial charge on any atom is 0.253 e. The van der Waals surface area contributed by atoms with E-state index in [1.165, 1.54) is 5.56 Å². The van der Waals surface area contributed by atoms with Gasteiger partial charge in [0.15, 0.2) is 5.78 Å². The number of methoxy groups -OCH3 is 1. The molecule has 0 radical (unpaired) electrons. The van der Waals surface area contributed by atoms with Crippen molar-refractivity contribution in [3.05, 3.63) is 65.2 Å². The summed E-state index contributed by atoms with van der Waals surface area (Å²) in [5.74, 6) is 1.39. The van der Waals surface area contributed by atoms with Crippen LogP contribution in [0.25, 0.3) is 0 Å². The second-order valence-corrected chi connectivity index (χ2v) is 7.44. The maximum atomic E-state index is 12.7. The molecule has 0 atom stereocenters. The Labute approximate surface area is 161 Å². The Bertz CT molecular complexity index is 785. The molecule has 1 aliphatic heterocycles. The topological polar surface area (TPSA) is 46.6 Å². The van der Waals surface area contributed by atoms with Crippen LogP contribution >= 0.6 is 0 Å². The first kappa shape index (κ1) is 19.2. The van der Waals surface area contributed by atoms with Crippen molar-refractivity contribution < 1.29 is 14.3 Å². The zero-order valence-electron chi connectivity index (χ0n) is 16.3. The predicted octanol–water partition coefficient (Wildman–Crippen LogP) is 4.55. The van der Waals surface area contributed by atoms with Gasteiger partial charge in [-0.25, -0.2) is 0 Å². The molecule has 1 amide bonds. The Morgan fingerprint density at radius 3 is 2.00 bits per heavy atom. The molecular formula is C23H27NO3. The molecule has 27 heavy (non-hydrogen) atoms. The molecule has 0 N–H and O–H groups in total. The number of ketones is 1. The number of hydrogen-bond acceptors (Lipinski definition) is 3. The standard InChI is InChI=1S/C23H27NO3/c1-16(2)17-4-6-20(7-5-17)23(26)24-14-12-19(13-15-24)22(25)18-8-10-21(27-3)11-9-18/h4-11,16,19H,12-15H2,1-3H3. The van der Waals surface area contributed by atoms with Gasteiger partial charge in [0.1, 0.15) is 5.75 Å². The fourth-order valence-electron chi connectivity index (χ4n) is 3.53. The monoisotopic (exact) mass is 365 g/mol. The molecule has 0 bridgehead atoms. The zero-order chi connectivity index (χ0) is 19.4. The quantitative estimate of drug-likeness (QED) is 0.730. The number of carbonyl (C=O) groups is 2. The van der Waals surface area contributed by atoms with Crippen LogP contribution in [0.5, 0.6) is 5.75 Å². The van der Waals surface area contributed by atoms with Crippen molar-refractivity contribution in [2.75, 3.05) is 20.2 Å². The zero-order valence-corrected chi connectivity index (χ0v) is 16.3. The Balaban J connectivity index is 1.59. The highest BCUT2D eigenvalue weighted by Gasteiger charge is 2.28. The predicted molar refractivity (Wildman–Crippen MR) is 106 cm³/mol. The van der Waals surface area contributed by atoms with E-state index in [0.29, 0.717) is 37.4 Å². The van der Waals surface area contributed by atoms with E-state index in [2.05, 4.69) is 13.8 Å². The SMILES string of the molecule is COc1ccc(C(=O)C2CCN(C(=O)c3ccc(C(C)C)cc3)CC2)cc1. The fraction of sp³-hybridized carbons (Fsp3) is 0.391. The van der Waals surface area contributed by atoms with Crippen LogP contribution in [0.1, 0.15) is 58.9 Å². The van der Waals surface area contributed by atoms with Gasteiger partial charge in [0, 0.05) is 30.1 Å². The van der Waals surface area contributed by atoms with Crippen LogP contribution < -0.4 is 4.74 Å². The smallest absolute Gasteiger partial charge is 0.253 e. The van der Waals surface area contributed by atoms with Gasteiger partial charge in [-0.2, -0.15) is 0 Å². The van der Waals surface area contributed by atoms with Gasteiger partial charge < -0.3 is 9.64 Å². The van der Waals surface area contributed by atoms with E-state index >= 15 is 0 Å². The molecule has 1 heterocycles. The van der Waals surface area contributed by atoms with Gasteiger partial charge >= 0.3 is 0 Å². The van der Waals surface area contributed by atoms with Gasteiger partial charge in [0.05, 0.1) is 7.11 Å². The minimum atomic E-state index is -0.0224. The lowest BCUT2D eigenvalue weighted by Gasteiger charge is -2.31. The Hall–Kier alpha value is -2.62. The lowest BCUT2D eigenvalue weighted by molar-refractivity contribution is 0.0650. The lowest BCUT2D eigenvalue weighted by Crippen LogP contribution is -2.40. The van der Waals surface area contributed by atoms with Gasteiger partial charge in [0.25, 0.3) is 5.91 Å². The summed E-state index contributed by atoms with van der Waals surface area (Å²) in [4.78, 5) is 27.3. The first-order valence-electron chi connectivity index (χ1n) is 9.57. The minimum Gasteiger partial charge on any atom is -0.497 e.